The van der Waals surface area contributed by atoms with E-state index in [1.54, 1.807) is 0 Å². The molecule has 1 saturated heterocycles. The minimum absolute atomic E-state index is 0.418. The van der Waals surface area contributed by atoms with E-state index in [1.165, 1.54) is 11.3 Å². The first-order valence-electron chi connectivity index (χ1n) is 10.2. The highest BCUT2D eigenvalue weighted by Gasteiger charge is 2.53. The highest BCUT2D eigenvalue weighted by molar-refractivity contribution is 5.76. The zero-order valence-electron chi connectivity index (χ0n) is 16.4. The maximum Gasteiger partial charge on any atom is 0.178 e. The van der Waals surface area contributed by atoms with Crippen LogP contribution in [0.5, 0.6) is 0 Å². The Morgan fingerprint density at radius 1 is 1.13 bits per heavy atom. The van der Waals surface area contributed by atoms with E-state index in [0.717, 1.165) is 36.3 Å². The zero-order chi connectivity index (χ0) is 20.2. The summed E-state index contributed by atoms with van der Waals surface area (Å²) in [5, 5.41) is 15.3. The molecule has 1 saturated carbocycles. The van der Waals surface area contributed by atoms with Gasteiger partial charge in [-0.1, -0.05) is 17.3 Å². The highest BCUT2D eigenvalue weighted by Crippen LogP contribution is 2.45. The highest BCUT2D eigenvalue weighted by atomic mass is 15.3. The third-order valence-corrected chi connectivity index (χ3v) is 6.36. The SMILES string of the molecule is Nc1cc(Cc2cnn(Cc3cccc(N4C[C@@H]5[C@@H](N)[C@@H]5C4)c3)c2)c2nn[nH]c2n1. The molecular formula is C21H23N9. The molecule has 2 aliphatic rings. The molecular weight excluding hydrogens is 378 g/mol. The minimum atomic E-state index is 0.418. The lowest BCUT2D eigenvalue weighted by molar-refractivity contribution is 0.685. The number of piperidine rings is 1. The van der Waals surface area contributed by atoms with Gasteiger partial charge < -0.3 is 16.4 Å². The van der Waals surface area contributed by atoms with Crippen molar-refractivity contribution in [1.82, 2.24) is 30.2 Å². The number of fused-ring (bicyclic) bond motifs is 2. The van der Waals surface area contributed by atoms with Crippen LogP contribution in [-0.4, -0.2) is 49.3 Å². The summed E-state index contributed by atoms with van der Waals surface area (Å²) in [5.41, 5.74) is 17.9. The molecule has 0 spiro atoms. The third-order valence-electron chi connectivity index (χ3n) is 6.36. The van der Waals surface area contributed by atoms with E-state index in [4.69, 9.17) is 11.5 Å². The van der Waals surface area contributed by atoms with Crippen LogP contribution < -0.4 is 16.4 Å². The Morgan fingerprint density at radius 3 is 2.87 bits per heavy atom. The van der Waals surface area contributed by atoms with Crippen molar-refractivity contribution >= 4 is 22.7 Å². The Morgan fingerprint density at radius 2 is 2.00 bits per heavy atom. The Labute approximate surface area is 173 Å². The van der Waals surface area contributed by atoms with Crippen LogP contribution in [0.4, 0.5) is 11.5 Å². The number of aromatic nitrogens is 6. The molecule has 3 aromatic heterocycles. The lowest BCUT2D eigenvalue weighted by Gasteiger charge is -2.22. The number of anilines is 2. The van der Waals surface area contributed by atoms with Gasteiger partial charge in [0.15, 0.2) is 5.65 Å². The molecule has 5 N–H and O–H groups in total. The Hall–Kier alpha value is -3.46. The van der Waals surface area contributed by atoms with E-state index in [1.807, 2.05) is 16.9 Å². The summed E-state index contributed by atoms with van der Waals surface area (Å²) in [7, 11) is 0. The summed E-state index contributed by atoms with van der Waals surface area (Å²) in [5.74, 6) is 1.81. The first-order chi connectivity index (χ1) is 14.6. The molecule has 1 aromatic carbocycles. The number of nitrogens with zero attached hydrogens (tertiary/aromatic N) is 6. The summed E-state index contributed by atoms with van der Waals surface area (Å²) in [4.78, 5) is 6.67. The number of pyridine rings is 1. The number of rotatable bonds is 5. The fraction of sp³-hybridized carbons (Fsp3) is 0.333. The Kier molecular flexibility index (Phi) is 3.79. The summed E-state index contributed by atoms with van der Waals surface area (Å²) >= 11 is 0. The minimum Gasteiger partial charge on any atom is -0.384 e. The molecule has 152 valence electrons. The Balaban J connectivity index is 1.18. The van der Waals surface area contributed by atoms with Gasteiger partial charge in [-0.05, 0) is 46.7 Å². The standard InChI is InChI=1S/C21H23N9/c22-18-6-14(20-21(25-18)27-28-26-20)4-13-7-24-30(9-13)8-12-2-1-3-15(5-12)29-10-16-17(11-29)19(16)23/h1-3,5-7,9,16-17,19H,4,8,10-11,23H2,(H3,22,25,26,27,28)/t16-,17+,19+. The molecule has 6 rings (SSSR count). The van der Waals surface area contributed by atoms with Crippen LogP contribution in [0.15, 0.2) is 42.7 Å². The second kappa shape index (κ2) is 6.53. The molecule has 0 bridgehead atoms. The first-order valence-corrected chi connectivity index (χ1v) is 10.2. The van der Waals surface area contributed by atoms with Crippen LogP contribution >= 0.6 is 0 Å². The van der Waals surface area contributed by atoms with Gasteiger partial charge in [0, 0.05) is 37.4 Å². The summed E-state index contributed by atoms with van der Waals surface area (Å²) in [6.07, 6.45) is 4.63. The van der Waals surface area contributed by atoms with Crippen molar-refractivity contribution in [3.05, 3.63) is 59.4 Å². The molecule has 4 aromatic rings. The van der Waals surface area contributed by atoms with Crippen LogP contribution in [0.2, 0.25) is 0 Å². The Bertz CT molecular complexity index is 1210. The molecule has 1 aliphatic heterocycles. The number of nitrogens with two attached hydrogens (primary N) is 2. The molecule has 3 atom stereocenters. The number of nitrogen functional groups attached to an aromatic ring is 1. The van der Waals surface area contributed by atoms with E-state index in [0.29, 0.717) is 35.8 Å². The third kappa shape index (κ3) is 2.98. The van der Waals surface area contributed by atoms with Crippen molar-refractivity contribution in [1.29, 1.82) is 0 Å². The molecule has 30 heavy (non-hydrogen) atoms. The van der Waals surface area contributed by atoms with Crippen LogP contribution in [0.25, 0.3) is 11.2 Å². The number of aromatic amines is 1. The molecule has 2 fully saturated rings. The van der Waals surface area contributed by atoms with Crippen LogP contribution in [-0.2, 0) is 13.0 Å². The smallest absolute Gasteiger partial charge is 0.178 e. The number of nitrogens with one attached hydrogen (secondary N) is 1. The maximum atomic E-state index is 6.08. The first kappa shape index (κ1) is 17.4. The number of hydrogen-bond donors (Lipinski definition) is 3. The van der Waals surface area contributed by atoms with Gasteiger partial charge in [0.05, 0.1) is 12.7 Å². The van der Waals surface area contributed by atoms with Crippen LogP contribution in [0.1, 0.15) is 16.7 Å². The molecule has 9 nitrogen and oxygen atoms in total. The van der Waals surface area contributed by atoms with Gasteiger partial charge in [0.2, 0.25) is 0 Å². The number of H-pyrrole nitrogens is 1. The number of benzene rings is 1. The molecule has 0 amide bonds. The van der Waals surface area contributed by atoms with E-state index < -0.39 is 0 Å². The summed E-state index contributed by atoms with van der Waals surface area (Å²) in [6, 6.07) is 11.0. The second-order valence-corrected chi connectivity index (χ2v) is 8.42. The number of hydrogen-bond acceptors (Lipinski definition) is 7. The lowest BCUT2D eigenvalue weighted by Crippen LogP contribution is -2.27. The van der Waals surface area contributed by atoms with Crippen molar-refractivity contribution < 1.29 is 0 Å². The molecule has 1 aliphatic carbocycles. The van der Waals surface area contributed by atoms with Crippen LogP contribution in [0, 0.1) is 11.8 Å². The van der Waals surface area contributed by atoms with Gasteiger partial charge in [0.1, 0.15) is 11.3 Å². The maximum absolute atomic E-state index is 6.08. The molecule has 0 unspecified atom stereocenters. The summed E-state index contributed by atoms with van der Waals surface area (Å²) in [6.45, 7) is 2.88. The van der Waals surface area contributed by atoms with Crippen molar-refractivity contribution in [3.63, 3.8) is 0 Å². The summed E-state index contributed by atoms with van der Waals surface area (Å²) < 4.78 is 1.97. The van der Waals surface area contributed by atoms with Gasteiger partial charge >= 0.3 is 0 Å². The lowest BCUT2D eigenvalue weighted by atomic mass is 10.1. The van der Waals surface area contributed by atoms with Gasteiger partial charge in [-0.25, -0.2) is 10.1 Å². The average molecular weight is 401 g/mol. The topological polar surface area (TPSA) is 128 Å². The average Bonchev–Trinajstić information content (AvgIpc) is 3.25. The molecule has 4 heterocycles. The van der Waals surface area contributed by atoms with Gasteiger partial charge in [-0.3, -0.25) is 4.68 Å². The van der Waals surface area contributed by atoms with Crippen molar-refractivity contribution in [2.75, 3.05) is 23.7 Å². The van der Waals surface area contributed by atoms with E-state index in [9.17, 15) is 0 Å². The normalized spacial score (nSPS) is 22.6. The van der Waals surface area contributed by atoms with Gasteiger partial charge in [-0.15, -0.1) is 5.10 Å². The fourth-order valence-electron chi connectivity index (χ4n) is 4.69. The quantitative estimate of drug-likeness (QED) is 0.458. The zero-order valence-corrected chi connectivity index (χ0v) is 16.4. The molecule has 0 radical (unpaired) electrons. The van der Waals surface area contributed by atoms with Crippen LogP contribution in [0.3, 0.4) is 0 Å². The van der Waals surface area contributed by atoms with Gasteiger partial charge in [-0.2, -0.15) is 5.10 Å². The van der Waals surface area contributed by atoms with E-state index >= 15 is 0 Å². The van der Waals surface area contributed by atoms with E-state index in [-0.39, 0.29) is 0 Å². The molecule has 9 heteroatoms. The van der Waals surface area contributed by atoms with Crippen molar-refractivity contribution in [2.45, 2.75) is 19.0 Å². The predicted molar refractivity (Wildman–Crippen MR) is 114 cm³/mol. The predicted octanol–water partition coefficient (Wildman–Crippen LogP) is 1.16. The van der Waals surface area contributed by atoms with Crippen molar-refractivity contribution in [3.8, 4) is 0 Å². The second-order valence-electron chi connectivity index (χ2n) is 8.42. The van der Waals surface area contributed by atoms with E-state index in [2.05, 4.69) is 60.9 Å². The fourth-order valence-corrected chi connectivity index (χ4v) is 4.69. The van der Waals surface area contributed by atoms with Crippen molar-refractivity contribution in [2.24, 2.45) is 17.6 Å². The monoisotopic (exact) mass is 401 g/mol. The van der Waals surface area contributed by atoms with Gasteiger partial charge in [0.25, 0.3) is 0 Å². The largest absolute Gasteiger partial charge is 0.384 e.